The Morgan fingerprint density at radius 1 is 1.09 bits per heavy atom. The van der Waals surface area contributed by atoms with Crippen molar-refractivity contribution in [1.29, 1.82) is 0 Å². The molecule has 0 bridgehead atoms. The Morgan fingerprint density at radius 3 is 2.61 bits per heavy atom. The maximum Gasteiger partial charge on any atom is 0.260 e. The maximum absolute atomic E-state index is 13.1. The van der Waals surface area contributed by atoms with Crippen LogP contribution in [0.15, 0.2) is 65.8 Å². The topological polar surface area (TPSA) is 124 Å². The third-order valence-corrected chi connectivity index (χ3v) is 5.85. The van der Waals surface area contributed by atoms with Gasteiger partial charge in [-0.15, -0.1) is 0 Å². The number of fused-ring (bicyclic) bond motifs is 1. The number of anilines is 2. The average molecular weight is 465 g/mol. The van der Waals surface area contributed by atoms with Crippen LogP contribution in [-0.2, 0) is 4.79 Å². The van der Waals surface area contributed by atoms with Crippen LogP contribution in [0.4, 0.5) is 11.4 Å². The van der Waals surface area contributed by atoms with Crippen LogP contribution >= 0.6 is 11.8 Å². The van der Waals surface area contributed by atoms with Crippen LogP contribution in [0.25, 0.3) is 0 Å². The number of amides is 3. The molecule has 0 saturated heterocycles. The predicted molar refractivity (Wildman–Crippen MR) is 124 cm³/mol. The summed E-state index contributed by atoms with van der Waals surface area (Å²) in [4.78, 5) is 42.5. The normalized spacial score (nSPS) is 11.7. The molecule has 0 spiro atoms. The summed E-state index contributed by atoms with van der Waals surface area (Å²) >= 11 is 1.16. The van der Waals surface area contributed by atoms with Gasteiger partial charge in [-0.2, -0.15) is 0 Å². The molecule has 1 aromatic heterocycles. The lowest BCUT2D eigenvalue weighted by molar-refractivity contribution is -0.113. The van der Waals surface area contributed by atoms with Gasteiger partial charge in [-0.05, 0) is 48.5 Å². The first-order chi connectivity index (χ1) is 15.9. The van der Waals surface area contributed by atoms with Crippen molar-refractivity contribution in [1.82, 2.24) is 4.98 Å². The highest BCUT2D eigenvalue weighted by Crippen LogP contribution is 2.34. The molecule has 2 aromatic carbocycles. The van der Waals surface area contributed by atoms with Crippen molar-refractivity contribution < 1.29 is 23.9 Å². The number of hydrogen-bond acceptors (Lipinski definition) is 7. The lowest BCUT2D eigenvalue weighted by Gasteiger charge is -2.19. The zero-order chi connectivity index (χ0) is 23.4. The molecule has 9 nitrogen and oxygen atoms in total. The predicted octanol–water partition coefficient (Wildman–Crippen LogP) is 2.92. The van der Waals surface area contributed by atoms with Gasteiger partial charge in [0.15, 0.2) is 11.5 Å². The van der Waals surface area contributed by atoms with E-state index in [2.05, 4.69) is 10.3 Å². The number of carbonyl (C=O) groups excluding carboxylic acids is 3. The molecule has 0 unspecified atom stereocenters. The van der Waals surface area contributed by atoms with E-state index in [9.17, 15) is 14.4 Å². The van der Waals surface area contributed by atoms with Gasteiger partial charge in [0.25, 0.3) is 5.91 Å². The summed E-state index contributed by atoms with van der Waals surface area (Å²) < 4.78 is 10.6. The molecule has 3 aromatic rings. The first-order valence-corrected chi connectivity index (χ1v) is 10.9. The van der Waals surface area contributed by atoms with Crippen LogP contribution in [0.5, 0.6) is 11.5 Å². The van der Waals surface area contributed by atoms with Crippen LogP contribution in [0, 0.1) is 0 Å². The first kappa shape index (κ1) is 22.2. The zero-order valence-corrected chi connectivity index (χ0v) is 18.4. The maximum atomic E-state index is 13.1. The summed E-state index contributed by atoms with van der Waals surface area (Å²) in [5.74, 6) is 0.174. The Hall–Kier alpha value is -4.05. The number of ether oxygens (including phenoxy) is 2. The molecule has 2 heterocycles. The zero-order valence-electron chi connectivity index (χ0n) is 17.6. The van der Waals surface area contributed by atoms with Crippen molar-refractivity contribution in [3.05, 3.63) is 71.9 Å². The molecule has 0 saturated carbocycles. The summed E-state index contributed by atoms with van der Waals surface area (Å²) in [5, 5.41) is 3.23. The molecule has 3 N–H and O–H groups in total. The van der Waals surface area contributed by atoms with Gasteiger partial charge in [-0.1, -0.05) is 11.8 Å². The molecule has 1 aliphatic heterocycles. The van der Waals surface area contributed by atoms with E-state index in [0.29, 0.717) is 39.0 Å². The number of nitrogens with zero attached hydrogens (tertiary/aromatic N) is 2. The molecule has 1 aliphatic rings. The minimum absolute atomic E-state index is 0.0583. The largest absolute Gasteiger partial charge is 0.454 e. The fourth-order valence-electron chi connectivity index (χ4n) is 3.12. The second-order valence-electron chi connectivity index (χ2n) is 7.04. The number of thioether (sulfide) groups is 1. The molecular weight excluding hydrogens is 444 g/mol. The third kappa shape index (κ3) is 5.07. The highest BCUT2D eigenvalue weighted by atomic mass is 32.2. The molecular formula is C23H20N4O5S. The minimum atomic E-state index is -0.541. The van der Waals surface area contributed by atoms with Crippen molar-refractivity contribution in [3.8, 4) is 11.5 Å². The van der Waals surface area contributed by atoms with Crippen molar-refractivity contribution in [3.63, 3.8) is 0 Å². The number of carbonyl (C=O) groups is 3. The van der Waals surface area contributed by atoms with E-state index in [-0.39, 0.29) is 24.4 Å². The monoisotopic (exact) mass is 464 g/mol. The van der Waals surface area contributed by atoms with E-state index >= 15 is 0 Å². The standard InChI is InChI=1S/C23H20N4O5S/c1-27(16-7-4-14(5-8-16)21(24)29)23(30)17-3-2-10-25-22(17)33-12-20(28)26-15-6-9-18-19(11-15)32-13-31-18/h2-11H,12-13H2,1H3,(H2,24,29)(H,26,28). The minimum Gasteiger partial charge on any atom is -0.454 e. The van der Waals surface area contributed by atoms with E-state index in [1.807, 2.05) is 0 Å². The number of nitrogens with one attached hydrogen (secondary N) is 1. The summed E-state index contributed by atoms with van der Waals surface area (Å²) in [7, 11) is 1.62. The Labute approximate surface area is 193 Å². The van der Waals surface area contributed by atoms with Gasteiger partial charge in [0.1, 0.15) is 5.03 Å². The van der Waals surface area contributed by atoms with Gasteiger partial charge in [0, 0.05) is 36.2 Å². The number of hydrogen-bond donors (Lipinski definition) is 2. The van der Waals surface area contributed by atoms with Gasteiger partial charge in [-0.3, -0.25) is 14.4 Å². The smallest absolute Gasteiger partial charge is 0.260 e. The average Bonchev–Trinajstić information content (AvgIpc) is 3.30. The Bertz CT molecular complexity index is 1220. The molecule has 0 radical (unpaired) electrons. The molecule has 0 aliphatic carbocycles. The number of pyridine rings is 1. The number of rotatable bonds is 7. The first-order valence-electron chi connectivity index (χ1n) is 9.87. The summed E-state index contributed by atoms with van der Waals surface area (Å²) in [6.07, 6.45) is 1.57. The fraction of sp³-hybridized carbons (Fsp3) is 0.130. The number of aromatic nitrogens is 1. The second-order valence-corrected chi connectivity index (χ2v) is 8.00. The summed E-state index contributed by atoms with van der Waals surface area (Å²) in [6, 6.07) is 14.9. The van der Waals surface area contributed by atoms with Gasteiger partial charge < -0.3 is 25.4 Å². The van der Waals surface area contributed by atoms with E-state index in [1.165, 1.54) is 4.90 Å². The molecule has 33 heavy (non-hydrogen) atoms. The quantitative estimate of drug-likeness (QED) is 0.515. The van der Waals surface area contributed by atoms with Crippen LogP contribution in [0.1, 0.15) is 20.7 Å². The van der Waals surface area contributed by atoms with E-state index < -0.39 is 5.91 Å². The molecule has 3 amide bonds. The highest BCUT2D eigenvalue weighted by molar-refractivity contribution is 8.00. The Balaban J connectivity index is 1.41. The number of benzene rings is 2. The molecule has 0 atom stereocenters. The molecule has 10 heteroatoms. The van der Waals surface area contributed by atoms with Crippen molar-refractivity contribution >= 4 is 40.9 Å². The third-order valence-electron chi connectivity index (χ3n) is 4.84. The van der Waals surface area contributed by atoms with Crippen LogP contribution in [0.3, 0.4) is 0 Å². The highest BCUT2D eigenvalue weighted by Gasteiger charge is 2.20. The summed E-state index contributed by atoms with van der Waals surface area (Å²) in [6.45, 7) is 0.156. The summed E-state index contributed by atoms with van der Waals surface area (Å²) in [5.41, 5.74) is 7.15. The van der Waals surface area contributed by atoms with Crippen molar-refractivity contribution in [2.75, 3.05) is 29.8 Å². The van der Waals surface area contributed by atoms with Crippen LogP contribution < -0.4 is 25.4 Å². The van der Waals surface area contributed by atoms with Gasteiger partial charge in [0.05, 0.1) is 11.3 Å². The number of nitrogens with two attached hydrogens (primary N) is 1. The van der Waals surface area contributed by atoms with Crippen LogP contribution in [-0.4, -0.2) is 42.3 Å². The van der Waals surface area contributed by atoms with Crippen LogP contribution in [0.2, 0.25) is 0 Å². The molecule has 4 rings (SSSR count). The van der Waals surface area contributed by atoms with Gasteiger partial charge >= 0.3 is 0 Å². The Kier molecular flexibility index (Phi) is 6.45. The van der Waals surface area contributed by atoms with E-state index in [1.54, 1.807) is 67.8 Å². The van der Waals surface area contributed by atoms with E-state index in [0.717, 1.165) is 11.8 Å². The van der Waals surface area contributed by atoms with Crippen molar-refractivity contribution in [2.45, 2.75) is 5.03 Å². The van der Waals surface area contributed by atoms with Crippen molar-refractivity contribution in [2.24, 2.45) is 5.73 Å². The fourth-order valence-corrected chi connectivity index (χ4v) is 3.91. The SMILES string of the molecule is CN(C(=O)c1cccnc1SCC(=O)Nc1ccc2c(c1)OCO2)c1ccc(C(N)=O)cc1. The van der Waals surface area contributed by atoms with E-state index in [4.69, 9.17) is 15.2 Å². The number of primary amides is 1. The van der Waals surface area contributed by atoms with Gasteiger partial charge in [-0.25, -0.2) is 4.98 Å². The lowest BCUT2D eigenvalue weighted by Crippen LogP contribution is -2.27. The Morgan fingerprint density at radius 2 is 1.85 bits per heavy atom. The molecule has 168 valence electrons. The van der Waals surface area contributed by atoms with Gasteiger partial charge in [0.2, 0.25) is 18.6 Å². The molecule has 0 fully saturated rings. The lowest BCUT2D eigenvalue weighted by atomic mass is 10.1. The second kappa shape index (κ2) is 9.61.